The summed E-state index contributed by atoms with van der Waals surface area (Å²) in [6.07, 6.45) is 0.0768. The molecule has 120 valence electrons. The molecule has 0 aromatic heterocycles. The molecule has 0 aliphatic heterocycles. The van der Waals surface area contributed by atoms with E-state index < -0.39 is 11.9 Å². The molecule has 0 bridgehead atoms. The molecule has 1 atom stereocenters. The molecule has 0 saturated heterocycles. The highest BCUT2D eigenvalue weighted by Gasteiger charge is 2.17. The summed E-state index contributed by atoms with van der Waals surface area (Å²) in [5, 5.41) is 5.47. The molecule has 0 aliphatic carbocycles. The molecule has 23 heavy (non-hydrogen) atoms. The zero-order valence-corrected chi connectivity index (χ0v) is 14.1. The maximum atomic E-state index is 13.1. The molecule has 1 unspecified atom stereocenters. The van der Waals surface area contributed by atoms with Gasteiger partial charge in [-0.3, -0.25) is 9.59 Å². The second kappa shape index (κ2) is 7.87. The normalized spacial score (nSPS) is 11.6. The van der Waals surface area contributed by atoms with Crippen LogP contribution in [0.3, 0.4) is 0 Å². The van der Waals surface area contributed by atoms with Crippen LogP contribution in [0.25, 0.3) is 0 Å². The van der Waals surface area contributed by atoms with Crippen LogP contribution in [-0.4, -0.2) is 11.8 Å². The molecule has 2 N–H and O–H groups in total. The Morgan fingerprint density at radius 1 is 1.17 bits per heavy atom. The Balaban J connectivity index is 2.09. The third-order valence-electron chi connectivity index (χ3n) is 3.17. The average molecular weight is 379 g/mol. The fraction of sp³-hybridized carbons (Fsp3) is 0.176. The van der Waals surface area contributed by atoms with Crippen LogP contribution in [0.1, 0.15) is 24.9 Å². The molecule has 4 nitrogen and oxygen atoms in total. The zero-order valence-electron chi connectivity index (χ0n) is 12.5. The van der Waals surface area contributed by atoms with Gasteiger partial charge in [0.2, 0.25) is 11.8 Å². The first kappa shape index (κ1) is 17.1. The van der Waals surface area contributed by atoms with E-state index in [9.17, 15) is 14.0 Å². The smallest absolute Gasteiger partial charge is 0.226 e. The van der Waals surface area contributed by atoms with Gasteiger partial charge in [-0.1, -0.05) is 30.3 Å². The van der Waals surface area contributed by atoms with Crippen molar-refractivity contribution in [1.82, 2.24) is 5.32 Å². The summed E-state index contributed by atoms with van der Waals surface area (Å²) in [5.41, 5.74) is 1.32. The summed E-state index contributed by atoms with van der Waals surface area (Å²) in [7, 11) is 0. The number of anilines is 1. The van der Waals surface area contributed by atoms with Crippen LogP contribution in [0.2, 0.25) is 0 Å². The van der Waals surface area contributed by atoms with Crippen molar-refractivity contribution in [2.75, 3.05) is 5.32 Å². The van der Waals surface area contributed by atoms with E-state index in [1.165, 1.54) is 25.1 Å². The maximum Gasteiger partial charge on any atom is 0.226 e. The van der Waals surface area contributed by atoms with E-state index in [2.05, 4.69) is 26.6 Å². The van der Waals surface area contributed by atoms with Crippen molar-refractivity contribution in [3.8, 4) is 0 Å². The van der Waals surface area contributed by atoms with Crippen LogP contribution in [-0.2, 0) is 9.59 Å². The number of hydrogen-bond acceptors (Lipinski definition) is 2. The molecule has 2 rings (SSSR count). The second-order valence-electron chi connectivity index (χ2n) is 5.04. The lowest BCUT2D eigenvalue weighted by atomic mass is 10.0. The molecule has 2 aromatic rings. The molecular weight excluding hydrogens is 363 g/mol. The van der Waals surface area contributed by atoms with Crippen molar-refractivity contribution in [2.24, 2.45) is 0 Å². The summed E-state index contributed by atoms with van der Waals surface area (Å²) in [6.45, 7) is 1.41. The molecule has 0 spiro atoms. The van der Waals surface area contributed by atoms with Crippen LogP contribution < -0.4 is 10.6 Å². The minimum atomic E-state index is -0.423. The molecular formula is C17H16BrFN2O2. The lowest BCUT2D eigenvalue weighted by Crippen LogP contribution is -2.29. The number of nitrogens with one attached hydrogen (secondary N) is 2. The molecule has 6 heteroatoms. The number of carbonyl (C=O) groups excluding carboxylic acids is 2. The SMILES string of the molecule is CC(=O)NC(CC(=O)Nc1ccc(F)cc1Br)c1ccccc1. The van der Waals surface area contributed by atoms with Gasteiger partial charge in [0, 0.05) is 11.4 Å². The predicted octanol–water partition coefficient (Wildman–Crippen LogP) is 3.79. The summed E-state index contributed by atoms with van der Waals surface area (Å²) < 4.78 is 13.5. The lowest BCUT2D eigenvalue weighted by Gasteiger charge is -2.18. The largest absolute Gasteiger partial charge is 0.349 e. The van der Waals surface area contributed by atoms with Gasteiger partial charge in [-0.25, -0.2) is 4.39 Å². The van der Waals surface area contributed by atoms with E-state index >= 15 is 0 Å². The van der Waals surface area contributed by atoms with E-state index in [4.69, 9.17) is 0 Å². The number of rotatable bonds is 5. The second-order valence-corrected chi connectivity index (χ2v) is 5.89. The van der Waals surface area contributed by atoms with Crippen LogP contribution in [0.5, 0.6) is 0 Å². The molecule has 0 aliphatic rings. The Morgan fingerprint density at radius 3 is 2.48 bits per heavy atom. The number of hydrogen-bond donors (Lipinski definition) is 2. The lowest BCUT2D eigenvalue weighted by molar-refractivity contribution is -0.120. The fourth-order valence-electron chi connectivity index (χ4n) is 2.16. The van der Waals surface area contributed by atoms with Gasteiger partial charge in [-0.05, 0) is 39.7 Å². The van der Waals surface area contributed by atoms with Gasteiger partial charge in [0.05, 0.1) is 18.2 Å². The molecule has 2 aromatic carbocycles. The van der Waals surface area contributed by atoms with Gasteiger partial charge in [-0.15, -0.1) is 0 Å². The molecule has 0 heterocycles. The Bertz CT molecular complexity index is 707. The predicted molar refractivity (Wildman–Crippen MR) is 90.3 cm³/mol. The van der Waals surface area contributed by atoms with E-state index in [1.54, 1.807) is 0 Å². The van der Waals surface area contributed by atoms with Crippen molar-refractivity contribution < 1.29 is 14.0 Å². The van der Waals surface area contributed by atoms with Gasteiger partial charge in [0.25, 0.3) is 0 Å². The third kappa shape index (κ3) is 5.17. The molecule has 0 fully saturated rings. The van der Waals surface area contributed by atoms with E-state index in [0.717, 1.165) is 5.56 Å². The highest BCUT2D eigenvalue weighted by Crippen LogP contribution is 2.24. The third-order valence-corrected chi connectivity index (χ3v) is 3.83. The topological polar surface area (TPSA) is 58.2 Å². The van der Waals surface area contributed by atoms with Crippen molar-refractivity contribution in [1.29, 1.82) is 0 Å². The first-order valence-electron chi connectivity index (χ1n) is 7.02. The maximum absolute atomic E-state index is 13.1. The van der Waals surface area contributed by atoms with Crippen molar-refractivity contribution in [3.05, 3.63) is 64.4 Å². The molecule has 2 amide bonds. The van der Waals surface area contributed by atoms with E-state index in [-0.39, 0.29) is 18.2 Å². The van der Waals surface area contributed by atoms with Crippen LogP contribution in [0, 0.1) is 5.82 Å². The van der Waals surface area contributed by atoms with Crippen LogP contribution >= 0.6 is 15.9 Å². The molecule has 0 saturated carbocycles. The van der Waals surface area contributed by atoms with E-state index in [0.29, 0.717) is 10.2 Å². The standard InChI is InChI=1S/C17H16BrFN2O2/c1-11(22)20-16(12-5-3-2-4-6-12)10-17(23)21-15-8-7-13(19)9-14(15)18/h2-9,16H,10H2,1H3,(H,20,22)(H,21,23). The Kier molecular flexibility index (Phi) is 5.87. The minimum Gasteiger partial charge on any atom is -0.349 e. The van der Waals surface area contributed by atoms with Crippen molar-refractivity contribution in [2.45, 2.75) is 19.4 Å². The van der Waals surface area contributed by atoms with Gasteiger partial charge < -0.3 is 10.6 Å². The van der Waals surface area contributed by atoms with Crippen LogP contribution in [0.4, 0.5) is 10.1 Å². The fourth-order valence-corrected chi connectivity index (χ4v) is 2.61. The zero-order chi connectivity index (χ0) is 16.8. The Morgan fingerprint density at radius 2 is 1.87 bits per heavy atom. The van der Waals surface area contributed by atoms with Crippen LogP contribution in [0.15, 0.2) is 53.0 Å². The minimum absolute atomic E-state index is 0.0768. The average Bonchev–Trinajstić information content (AvgIpc) is 2.50. The molecule has 0 radical (unpaired) electrons. The number of carbonyl (C=O) groups is 2. The Labute approximate surface area is 142 Å². The van der Waals surface area contributed by atoms with Gasteiger partial charge >= 0.3 is 0 Å². The number of amides is 2. The van der Waals surface area contributed by atoms with Gasteiger partial charge in [-0.2, -0.15) is 0 Å². The summed E-state index contributed by atoms with van der Waals surface area (Å²) in [5.74, 6) is -0.884. The highest BCUT2D eigenvalue weighted by molar-refractivity contribution is 9.10. The monoisotopic (exact) mass is 378 g/mol. The first-order chi connectivity index (χ1) is 11.0. The van der Waals surface area contributed by atoms with E-state index in [1.807, 2.05) is 30.3 Å². The number of benzene rings is 2. The van der Waals surface area contributed by atoms with Gasteiger partial charge in [0.1, 0.15) is 5.82 Å². The highest BCUT2D eigenvalue weighted by atomic mass is 79.9. The summed E-state index contributed by atoms with van der Waals surface area (Å²) in [4.78, 5) is 23.6. The van der Waals surface area contributed by atoms with Crippen molar-refractivity contribution >= 4 is 33.4 Å². The Hall–Kier alpha value is -2.21. The van der Waals surface area contributed by atoms with Crippen molar-refractivity contribution in [3.63, 3.8) is 0 Å². The van der Waals surface area contributed by atoms with Gasteiger partial charge in [0.15, 0.2) is 0 Å². The summed E-state index contributed by atoms with van der Waals surface area (Å²) >= 11 is 3.20. The summed E-state index contributed by atoms with van der Waals surface area (Å²) in [6, 6.07) is 12.9. The quantitative estimate of drug-likeness (QED) is 0.831. The first-order valence-corrected chi connectivity index (χ1v) is 7.82. The number of halogens is 2.